The molecule has 1 fully saturated rings. The molecule has 0 aliphatic carbocycles. The van der Waals surface area contributed by atoms with Crippen molar-refractivity contribution in [2.24, 2.45) is 0 Å². The quantitative estimate of drug-likeness (QED) is 0.287. The molecular formula is C24H21BrN2O5. The number of anilines is 1. The summed E-state index contributed by atoms with van der Waals surface area (Å²) in [5.74, 6) is -0.468. The summed E-state index contributed by atoms with van der Waals surface area (Å²) in [7, 11) is 0. The van der Waals surface area contributed by atoms with Crippen molar-refractivity contribution < 1.29 is 24.0 Å². The first-order valence-electron chi connectivity index (χ1n) is 10.1. The van der Waals surface area contributed by atoms with Crippen molar-refractivity contribution in [2.75, 3.05) is 11.5 Å². The fourth-order valence-corrected chi connectivity index (χ4v) is 3.84. The molecule has 0 spiro atoms. The van der Waals surface area contributed by atoms with Gasteiger partial charge in [-0.25, -0.2) is 0 Å². The van der Waals surface area contributed by atoms with Gasteiger partial charge in [0.05, 0.1) is 18.2 Å². The average molecular weight is 497 g/mol. The number of Topliss-reactive ketones (excluding diaryl/α,β-unsaturated/α-hetero) is 1. The average Bonchev–Trinajstić information content (AvgIpc) is 3.33. The summed E-state index contributed by atoms with van der Waals surface area (Å²) in [4.78, 5) is 27.3. The van der Waals surface area contributed by atoms with Crippen molar-refractivity contribution in [3.05, 3.63) is 81.5 Å². The number of aryl methyl sites for hydroxylation is 1. The zero-order chi connectivity index (χ0) is 22.8. The fraction of sp³-hybridized carbons (Fsp3) is 0.208. The Morgan fingerprint density at radius 3 is 2.44 bits per heavy atom. The molecule has 1 aliphatic heterocycles. The second kappa shape index (κ2) is 9.00. The van der Waals surface area contributed by atoms with E-state index in [4.69, 9.17) is 9.26 Å². The maximum absolute atomic E-state index is 13.1. The van der Waals surface area contributed by atoms with Crippen molar-refractivity contribution in [1.29, 1.82) is 0 Å². The molecule has 1 atom stereocenters. The van der Waals surface area contributed by atoms with Crippen LogP contribution in [0.2, 0.25) is 0 Å². The number of halogens is 1. The minimum absolute atomic E-state index is 0.0137. The van der Waals surface area contributed by atoms with Gasteiger partial charge in [-0.05, 0) is 55.3 Å². The number of amides is 1. The number of aliphatic hydroxyl groups is 1. The number of aromatic nitrogens is 1. The minimum Gasteiger partial charge on any atom is -0.507 e. The number of ketones is 1. The third-order valence-corrected chi connectivity index (χ3v) is 5.62. The molecule has 164 valence electrons. The second-order valence-corrected chi connectivity index (χ2v) is 8.30. The molecular weight excluding hydrogens is 476 g/mol. The first-order valence-corrected chi connectivity index (χ1v) is 10.9. The highest BCUT2D eigenvalue weighted by Crippen LogP contribution is 2.42. The van der Waals surface area contributed by atoms with Crippen LogP contribution in [0.4, 0.5) is 5.82 Å². The molecule has 0 unspecified atom stereocenters. The summed E-state index contributed by atoms with van der Waals surface area (Å²) < 4.78 is 11.6. The Kier molecular flexibility index (Phi) is 6.14. The maximum atomic E-state index is 13.1. The fourth-order valence-electron chi connectivity index (χ4n) is 3.58. The summed E-state index contributed by atoms with van der Waals surface area (Å²) in [6.07, 6.45) is 0.875. The lowest BCUT2D eigenvalue weighted by Gasteiger charge is -2.23. The van der Waals surface area contributed by atoms with Gasteiger partial charge in [0, 0.05) is 16.1 Å². The van der Waals surface area contributed by atoms with E-state index in [1.807, 2.05) is 19.1 Å². The molecule has 1 aliphatic rings. The highest BCUT2D eigenvalue weighted by molar-refractivity contribution is 9.10. The van der Waals surface area contributed by atoms with Crippen molar-refractivity contribution in [3.8, 4) is 5.75 Å². The summed E-state index contributed by atoms with van der Waals surface area (Å²) in [5, 5.41) is 15.0. The van der Waals surface area contributed by atoms with Crippen LogP contribution in [0.1, 0.15) is 36.3 Å². The Morgan fingerprint density at radius 1 is 1.16 bits per heavy atom. The van der Waals surface area contributed by atoms with E-state index in [9.17, 15) is 14.7 Å². The number of carbonyl (C=O) groups excluding carboxylic acids is 2. The van der Waals surface area contributed by atoms with Gasteiger partial charge in [-0.15, -0.1) is 0 Å². The molecule has 0 saturated carbocycles. The maximum Gasteiger partial charge on any atom is 0.301 e. The molecule has 2 heterocycles. The van der Waals surface area contributed by atoms with Crippen molar-refractivity contribution in [3.63, 3.8) is 0 Å². The highest BCUT2D eigenvalue weighted by atomic mass is 79.9. The molecule has 0 bridgehead atoms. The predicted octanol–water partition coefficient (Wildman–Crippen LogP) is 5.16. The van der Waals surface area contributed by atoms with E-state index in [0.717, 1.165) is 10.9 Å². The van der Waals surface area contributed by atoms with Crippen LogP contribution in [0.25, 0.3) is 5.76 Å². The van der Waals surface area contributed by atoms with Crippen LogP contribution in [-0.2, 0) is 9.59 Å². The molecule has 8 heteroatoms. The second-order valence-electron chi connectivity index (χ2n) is 7.39. The number of aliphatic hydroxyl groups excluding tert-OH is 1. The molecule has 1 saturated heterocycles. The molecule has 4 rings (SSSR count). The Labute approximate surface area is 193 Å². The van der Waals surface area contributed by atoms with Gasteiger partial charge in [0.15, 0.2) is 5.82 Å². The van der Waals surface area contributed by atoms with Gasteiger partial charge in [0.25, 0.3) is 5.78 Å². The van der Waals surface area contributed by atoms with Gasteiger partial charge < -0.3 is 14.4 Å². The van der Waals surface area contributed by atoms with Gasteiger partial charge in [-0.3, -0.25) is 14.5 Å². The lowest BCUT2D eigenvalue weighted by Crippen LogP contribution is -2.29. The zero-order valence-corrected chi connectivity index (χ0v) is 19.1. The van der Waals surface area contributed by atoms with Crippen molar-refractivity contribution in [2.45, 2.75) is 26.3 Å². The molecule has 7 nitrogen and oxygen atoms in total. The number of benzene rings is 2. The van der Waals surface area contributed by atoms with Gasteiger partial charge in [-0.2, -0.15) is 0 Å². The number of nitrogens with zero attached hydrogens (tertiary/aromatic N) is 2. The standard InChI is InChI=1S/C24H21BrN2O5/c1-3-12-31-18-10-6-16(7-11-18)22(28)20-21(15-4-8-17(25)9-5-15)27(24(30)23(20)29)19-13-14(2)32-26-19/h4-11,13,21,28H,3,12H2,1-2H3/b22-20+/t21-/m1/s1. The van der Waals surface area contributed by atoms with E-state index in [1.165, 1.54) is 4.90 Å². The van der Waals surface area contributed by atoms with E-state index in [-0.39, 0.29) is 17.2 Å². The van der Waals surface area contributed by atoms with Crippen LogP contribution in [-0.4, -0.2) is 28.6 Å². The molecule has 0 radical (unpaired) electrons. The summed E-state index contributed by atoms with van der Waals surface area (Å²) >= 11 is 3.40. The summed E-state index contributed by atoms with van der Waals surface area (Å²) in [6, 6.07) is 14.7. The van der Waals surface area contributed by atoms with Crippen LogP contribution >= 0.6 is 15.9 Å². The summed E-state index contributed by atoms with van der Waals surface area (Å²) in [6.45, 7) is 4.29. The van der Waals surface area contributed by atoms with E-state index in [0.29, 0.717) is 29.2 Å². The van der Waals surface area contributed by atoms with Crippen LogP contribution in [0.3, 0.4) is 0 Å². The van der Waals surface area contributed by atoms with Gasteiger partial charge in [0.1, 0.15) is 17.3 Å². The van der Waals surface area contributed by atoms with Crippen molar-refractivity contribution in [1.82, 2.24) is 5.16 Å². The number of ether oxygens (including phenoxy) is 1. The number of carbonyl (C=O) groups is 2. The normalized spacial score (nSPS) is 17.7. The van der Waals surface area contributed by atoms with Crippen LogP contribution in [0.15, 0.2) is 69.2 Å². The van der Waals surface area contributed by atoms with Crippen LogP contribution in [0, 0.1) is 6.92 Å². The largest absolute Gasteiger partial charge is 0.507 e. The molecule has 2 aromatic carbocycles. The van der Waals surface area contributed by atoms with Gasteiger partial charge >= 0.3 is 5.91 Å². The molecule has 1 N–H and O–H groups in total. The SMILES string of the molecule is CCCOc1ccc(/C(O)=C2\C(=O)C(=O)N(c3cc(C)on3)[C@@H]2c2ccc(Br)cc2)cc1. The van der Waals surface area contributed by atoms with Gasteiger partial charge in [-0.1, -0.05) is 40.1 Å². The Morgan fingerprint density at radius 2 is 1.84 bits per heavy atom. The highest BCUT2D eigenvalue weighted by Gasteiger charge is 2.48. The Hall–Kier alpha value is -3.39. The monoisotopic (exact) mass is 496 g/mol. The van der Waals surface area contributed by atoms with E-state index < -0.39 is 17.7 Å². The number of rotatable bonds is 6. The molecule has 32 heavy (non-hydrogen) atoms. The Balaban J connectivity index is 1.83. The Bertz CT molecular complexity index is 1180. The van der Waals surface area contributed by atoms with Crippen molar-refractivity contribution >= 4 is 39.2 Å². The van der Waals surface area contributed by atoms with Gasteiger partial charge in [0.2, 0.25) is 0 Å². The molecule has 1 amide bonds. The smallest absolute Gasteiger partial charge is 0.301 e. The predicted molar refractivity (Wildman–Crippen MR) is 122 cm³/mol. The number of hydrogen-bond donors (Lipinski definition) is 1. The molecule has 1 aromatic heterocycles. The third kappa shape index (κ3) is 4.05. The topological polar surface area (TPSA) is 92.9 Å². The minimum atomic E-state index is -0.858. The lowest BCUT2D eigenvalue weighted by atomic mass is 9.95. The first kappa shape index (κ1) is 21.8. The zero-order valence-electron chi connectivity index (χ0n) is 17.5. The van der Waals surface area contributed by atoms with E-state index in [1.54, 1.807) is 49.4 Å². The van der Waals surface area contributed by atoms with E-state index >= 15 is 0 Å². The van der Waals surface area contributed by atoms with Crippen LogP contribution in [0.5, 0.6) is 5.75 Å². The van der Waals surface area contributed by atoms with E-state index in [2.05, 4.69) is 21.1 Å². The lowest BCUT2D eigenvalue weighted by molar-refractivity contribution is -0.132. The third-order valence-electron chi connectivity index (χ3n) is 5.09. The van der Waals surface area contributed by atoms with Crippen LogP contribution < -0.4 is 9.64 Å². The first-order chi connectivity index (χ1) is 15.4. The number of hydrogen-bond acceptors (Lipinski definition) is 6. The summed E-state index contributed by atoms with van der Waals surface area (Å²) in [5.41, 5.74) is 1.04. The molecule has 3 aromatic rings.